The molecule has 120 valence electrons. The summed E-state index contributed by atoms with van der Waals surface area (Å²) in [5.74, 6) is 0. The highest BCUT2D eigenvalue weighted by atomic mass is 32.2. The highest BCUT2D eigenvalue weighted by Gasteiger charge is 2.29. The van der Waals surface area contributed by atoms with E-state index in [9.17, 15) is 8.42 Å². The lowest BCUT2D eigenvalue weighted by atomic mass is 9.96. The Morgan fingerprint density at radius 1 is 1.30 bits per heavy atom. The zero-order valence-corrected chi connectivity index (χ0v) is 14.5. The molecule has 2 N–H and O–H groups in total. The molecule has 5 nitrogen and oxygen atoms in total. The molecule has 0 radical (unpaired) electrons. The van der Waals surface area contributed by atoms with E-state index in [0.717, 1.165) is 38.8 Å². The van der Waals surface area contributed by atoms with Crippen LogP contribution in [0.4, 0.5) is 0 Å². The minimum absolute atomic E-state index is 0.0833. The first-order valence-electron chi connectivity index (χ1n) is 7.48. The monoisotopic (exact) mass is 323 g/mol. The largest absolute Gasteiger partial charge is 0.317 e. The van der Waals surface area contributed by atoms with Gasteiger partial charge < -0.3 is 5.32 Å². The maximum atomic E-state index is 12.3. The molecule has 0 bridgehead atoms. The topological polar surface area (TPSA) is 61.4 Å². The first-order valence-corrected chi connectivity index (χ1v) is 10.2. The number of hydrogen-bond acceptors (Lipinski definition) is 4. The second kappa shape index (κ2) is 9.25. The van der Waals surface area contributed by atoms with Crippen LogP contribution in [-0.4, -0.2) is 57.0 Å². The third-order valence-electron chi connectivity index (χ3n) is 3.79. The molecule has 20 heavy (non-hydrogen) atoms. The van der Waals surface area contributed by atoms with Crippen LogP contribution in [0.3, 0.4) is 0 Å². The minimum Gasteiger partial charge on any atom is -0.317 e. The smallest absolute Gasteiger partial charge is 0.279 e. The Morgan fingerprint density at radius 3 is 2.65 bits per heavy atom. The fourth-order valence-electron chi connectivity index (χ4n) is 2.52. The van der Waals surface area contributed by atoms with Crippen molar-refractivity contribution in [2.75, 3.05) is 32.9 Å². The number of thioether (sulfide) groups is 1. The fourth-order valence-corrected chi connectivity index (χ4v) is 4.75. The molecule has 1 fully saturated rings. The Hall–Kier alpha value is 0.180. The molecule has 1 saturated carbocycles. The van der Waals surface area contributed by atoms with Gasteiger partial charge in [-0.3, -0.25) is 0 Å². The number of nitrogens with one attached hydrogen (secondary N) is 2. The predicted octanol–water partition coefficient (Wildman–Crippen LogP) is 1.43. The Balaban J connectivity index is 2.46. The van der Waals surface area contributed by atoms with E-state index in [1.165, 1.54) is 10.7 Å². The van der Waals surface area contributed by atoms with E-state index in [1.54, 1.807) is 18.8 Å². The average Bonchev–Trinajstić information content (AvgIpc) is 2.43. The van der Waals surface area contributed by atoms with Crippen LogP contribution < -0.4 is 10.0 Å². The van der Waals surface area contributed by atoms with E-state index in [0.29, 0.717) is 11.8 Å². The zero-order valence-electron chi connectivity index (χ0n) is 12.9. The predicted molar refractivity (Wildman–Crippen MR) is 87.4 cm³/mol. The molecule has 0 saturated heterocycles. The van der Waals surface area contributed by atoms with Crippen LogP contribution >= 0.6 is 11.8 Å². The van der Waals surface area contributed by atoms with E-state index in [1.807, 2.05) is 6.92 Å². The molecule has 7 heteroatoms. The molecule has 0 heterocycles. The van der Waals surface area contributed by atoms with Gasteiger partial charge >= 0.3 is 0 Å². The highest BCUT2D eigenvalue weighted by Crippen LogP contribution is 2.27. The lowest BCUT2D eigenvalue weighted by Crippen LogP contribution is -2.49. The first kappa shape index (κ1) is 18.2. The molecule has 1 rings (SSSR count). The third kappa shape index (κ3) is 5.89. The van der Waals surface area contributed by atoms with Crippen molar-refractivity contribution >= 4 is 22.0 Å². The molecule has 0 aromatic rings. The van der Waals surface area contributed by atoms with Crippen molar-refractivity contribution in [3.05, 3.63) is 0 Å². The van der Waals surface area contributed by atoms with Gasteiger partial charge in [-0.25, -0.2) is 0 Å². The quantitative estimate of drug-likeness (QED) is 0.630. The van der Waals surface area contributed by atoms with Crippen molar-refractivity contribution in [1.82, 2.24) is 14.3 Å². The highest BCUT2D eigenvalue weighted by molar-refractivity contribution is 7.99. The maximum absolute atomic E-state index is 12.3. The fraction of sp³-hybridized carbons (Fsp3) is 1.00. The summed E-state index contributed by atoms with van der Waals surface area (Å²) in [6, 6.07) is 0.0833. The molecule has 0 aromatic carbocycles. The van der Waals surface area contributed by atoms with Crippen LogP contribution in [0.15, 0.2) is 0 Å². The molecular formula is C13H29N3O2S2. The van der Waals surface area contributed by atoms with Crippen molar-refractivity contribution in [3.8, 4) is 0 Å². The maximum Gasteiger partial charge on any atom is 0.279 e. The summed E-state index contributed by atoms with van der Waals surface area (Å²) >= 11 is 1.78. The van der Waals surface area contributed by atoms with E-state index < -0.39 is 10.2 Å². The van der Waals surface area contributed by atoms with Gasteiger partial charge in [0.15, 0.2) is 0 Å². The van der Waals surface area contributed by atoms with Crippen LogP contribution in [0.2, 0.25) is 0 Å². The SMILES string of the molecule is CCNCCCN(C)S(=O)(=O)NC1CCCCC1SC. The van der Waals surface area contributed by atoms with Gasteiger partial charge in [-0.15, -0.1) is 0 Å². The zero-order chi connectivity index (χ0) is 15.0. The Bertz CT molecular complexity index is 363. The van der Waals surface area contributed by atoms with Crippen LogP contribution in [0.25, 0.3) is 0 Å². The lowest BCUT2D eigenvalue weighted by Gasteiger charge is -2.32. The molecule has 2 atom stereocenters. The molecule has 2 unspecified atom stereocenters. The van der Waals surface area contributed by atoms with Gasteiger partial charge in [0.2, 0.25) is 0 Å². The average molecular weight is 324 g/mol. The Kier molecular flexibility index (Phi) is 8.43. The van der Waals surface area contributed by atoms with E-state index in [4.69, 9.17) is 0 Å². The molecule has 0 aromatic heterocycles. The van der Waals surface area contributed by atoms with Crippen molar-refractivity contribution in [3.63, 3.8) is 0 Å². The van der Waals surface area contributed by atoms with E-state index >= 15 is 0 Å². The summed E-state index contributed by atoms with van der Waals surface area (Å²) in [6.07, 6.45) is 7.30. The second-order valence-electron chi connectivity index (χ2n) is 5.32. The van der Waals surface area contributed by atoms with Crippen LogP contribution in [-0.2, 0) is 10.2 Å². The van der Waals surface area contributed by atoms with Gasteiger partial charge in [0.1, 0.15) is 0 Å². The van der Waals surface area contributed by atoms with Crippen LogP contribution in [0, 0.1) is 0 Å². The Labute approximate surface area is 128 Å². The molecule has 0 aliphatic heterocycles. The van der Waals surface area contributed by atoms with Gasteiger partial charge in [0.25, 0.3) is 10.2 Å². The molecule has 0 amide bonds. The molecule has 1 aliphatic rings. The van der Waals surface area contributed by atoms with Gasteiger partial charge in [-0.1, -0.05) is 19.8 Å². The number of nitrogens with zero attached hydrogens (tertiary/aromatic N) is 1. The minimum atomic E-state index is -3.35. The Morgan fingerprint density at radius 2 is 2.00 bits per heavy atom. The van der Waals surface area contributed by atoms with Gasteiger partial charge in [-0.05, 0) is 38.6 Å². The summed E-state index contributed by atoms with van der Waals surface area (Å²) in [5.41, 5.74) is 0. The van der Waals surface area contributed by atoms with E-state index in [2.05, 4.69) is 16.3 Å². The normalized spacial score (nSPS) is 24.2. The summed E-state index contributed by atoms with van der Waals surface area (Å²) < 4.78 is 29.0. The summed E-state index contributed by atoms with van der Waals surface area (Å²) in [6.45, 7) is 4.38. The van der Waals surface area contributed by atoms with Gasteiger partial charge in [-0.2, -0.15) is 29.2 Å². The van der Waals surface area contributed by atoms with E-state index in [-0.39, 0.29) is 6.04 Å². The first-order chi connectivity index (χ1) is 9.51. The molecular weight excluding hydrogens is 294 g/mol. The van der Waals surface area contributed by atoms with Gasteiger partial charge in [0.05, 0.1) is 0 Å². The summed E-state index contributed by atoms with van der Waals surface area (Å²) in [5, 5.41) is 3.62. The summed E-state index contributed by atoms with van der Waals surface area (Å²) in [4.78, 5) is 0. The van der Waals surface area contributed by atoms with Crippen LogP contribution in [0.1, 0.15) is 39.0 Å². The van der Waals surface area contributed by atoms with Crippen LogP contribution in [0.5, 0.6) is 0 Å². The van der Waals surface area contributed by atoms with Crippen molar-refractivity contribution in [2.24, 2.45) is 0 Å². The standard InChI is InChI=1S/C13H29N3O2S2/c1-4-14-10-7-11-16(2)20(17,18)15-12-8-5-6-9-13(12)19-3/h12-15H,4-11H2,1-3H3. The van der Waals surface area contributed by atoms with Crippen molar-refractivity contribution in [1.29, 1.82) is 0 Å². The number of hydrogen-bond donors (Lipinski definition) is 2. The molecule has 0 spiro atoms. The van der Waals surface area contributed by atoms with Crippen molar-refractivity contribution < 1.29 is 8.42 Å². The second-order valence-corrected chi connectivity index (χ2v) is 8.20. The number of rotatable bonds is 9. The van der Waals surface area contributed by atoms with Crippen molar-refractivity contribution in [2.45, 2.75) is 50.3 Å². The third-order valence-corrected chi connectivity index (χ3v) is 6.57. The summed E-state index contributed by atoms with van der Waals surface area (Å²) in [7, 11) is -1.69. The lowest BCUT2D eigenvalue weighted by molar-refractivity contribution is 0.396. The van der Waals surface area contributed by atoms with Gasteiger partial charge in [0, 0.05) is 24.9 Å². The molecule has 1 aliphatic carbocycles.